The van der Waals surface area contributed by atoms with Crippen LogP contribution in [-0.2, 0) is 10.0 Å². The van der Waals surface area contributed by atoms with Gasteiger partial charge in [0.05, 0.1) is 16.3 Å². The molecule has 2 N–H and O–H groups in total. The molecule has 1 heterocycles. The molecule has 0 spiro atoms. The van der Waals surface area contributed by atoms with Crippen molar-refractivity contribution < 1.29 is 13.2 Å². The average molecular weight is 447 g/mol. The van der Waals surface area contributed by atoms with Crippen LogP contribution in [0.2, 0.25) is 0 Å². The number of sulfonamides is 1. The lowest BCUT2D eigenvalue weighted by Crippen LogP contribution is -2.15. The highest BCUT2D eigenvalue weighted by molar-refractivity contribution is 7.92. The summed E-state index contributed by atoms with van der Waals surface area (Å²) in [6.07, 6.45) is 3.50. The van der Waals surface area contributed by atoms with E-state index in [-0.39, 0.29) is 10.8 Å². The Bertz CT molecular complexity index is 1330. The molecular weight excluding hydrogens is 424 g/mol. The quantitative estimate of drug-likeness (QED) is 0.455. The SMILES string of the molecule is Cc1cccc(C)c1NS(=O)(=O)c1ccc(NC(=O)c2ccc(-n3cccn3)cc2)cc1. The van der Waals surface area contributed by atoms with Crippen LogP contribution in [0.25, 0.3) is 5.69 Å². The number of hydrogen-bond donors (Lipinski definition) is 2. The maximum absolute atomic E-state index is 12.8. The molecular formula is C24H22N4O3S. The van der Waals surface area contributed by atoms with Gasteiger partial charge in [-0.05, 0) is 79.6 Å². The lowest BCUT2D eigenvalue weighted by Gasteiger charge is -2.13. The highest BCUT2D eigenvalue weighted by Crippen LogP contribution is 2.24. The second-order valence-corrected chi connectivity index (χ2v) is 9.03. The predicted octanol–water partition coefficient (Wildman–Crippen LogP) is 4.54. The average Bonchev–Trinajstić information content (AvgIpc) is 3.32. The van der Waals surface area contributed by atoms with Crippen LogP contribution in [0.15, 0.2) is 90.1 Å². The molecule has 0 radical (unpaired) electrons. The van der Waals surface area contributed by atoms with Gasteiger partial charge in [-0.25, -0.2) is 13.1 Å². The van der Waals surface area contributed by atoms with Gasteiger partial charge in [0.1, 0.15) is 0 Å². The van der Waals surface area contributed by atoms with Gasteiger partial charge in [-0.3, -0.25) is 9.52 Å². The first-order chi connectivity index (χ1) is 15.3. The van der Waals surface area contributed by atoms with Crippen LogP contribution in [0.4, 0.5) is 11.4 Å². The number of hydrogen-bond acceptors (Lipinski definition) is 4. The lowest BCUT2D eigenvalue weighted by molar-refractivity contribution is 0.102. The zero-order valence-electron chi connectivity index (χ0n) is 17.6. The van der Waals surface area contributed by atoms with Gasteiger partial charge in [0.15, 0.2) is 0 Å². The first kappa shape index (κ1) is 21.3. The molecule has 4 aromatic rings. The van der Waals surface area contributed by atoms with E-state index < -0.39 is 10.0 Å². The maximum atomic E-state index is 12.8. The van der Waals surface area contributed by atoms with Crippen LogP contribution in [0.5, 0.6) is 0 Å². The van der Waals surface area contributed by atoms with Crippen LogP contribution >= 0.6 is 0 Å². The molecule has 0 atom stereocenters. The molecule has 1 amide bonds. The maximum Gasteiger partial charge on any atom is 0.261 e. The van der Waals surface area contributed by atoms with Crippen molar-refractivity contribution in [3.05, 3.63) is 102 Å². The van der Waals surface area contributed by atoms with Crippen LogP contribution < -0.4 is 10.0 Å². The summed E-state index contributed by atoms with van der Waals surface area (Å²) < 4.78 is 29.9. The number of benzene rings is 3. The van der Waals surface area contributed by atoms with Crippen molar-refractivity contribution in [1.29, 1.82) is 0 Å². The van der Waals surface area contributed by atoms with Crippen molar-refractivity contribution in [1.82, 2.24) is 9.78 Å². The Morgan fingerprint density at radius 3 is 2.12 bits per heavy atom. The van der Waals surface area contributed by atoms with E-state index in [4.69, 9.17) is 0 Å². The number of aryl methyl sites for hydroxylation is 2. The molecule has 8 heteroatoms. The molecule has 7 nitrogen and oxygen atoms in total. The lowest BCUT2D eigenvalue weighted by atomic mass is 10.1. The Morgan fingerprint density at radius 2 is 1.53 bits per heavy atom. The van der Waals surface area contributed by atoms with Gasteiger partial charge in [-0.2, -0.15) is 5.10 Å². The second-order valence-electron chi connectivity index (χ2n) is 7.35. The molecule has 0 aliphatic heterocycles. The summed E-state index contributed by atoms with van der Waals surface area (Å²) in [5.41, 5.74) is 4.08. The number of para-hydroxylation sites is 1. The Hall–Kier alpha value is -3.91. The van der Waals surface area contributed by atoms with Crippen molar-refractivity contribution in [2.45, 2.75) is 18.7 Å². The van der Waals surface area contributed by atoms with E-state index >= 15 is 0 Å². The minimum Gasteiger partial charge on any atom is -0.322 e. The summed E-state index contributed by atoms with van der Waals surface area (Å²) in [4.78, 5) is 12.7. The van der Waals surface area contributed by atoms with Crippen molar-refractivity contribution in [3.63, 3.8) is 0 Å². The third kappa shape index (κ3) is 4.55. The summed E-state index contributed by atoms with van der Waals surface area (Å²) in [5, 5.41) is 6.94. The van der Waals surface area contributed by atoms with Crippen LogP contribution in [0, 0.1) is 13.8 Å². The Kier molecular flexibility index (Phi) is 5.79. The number of nitrogens with one attached hydrogen (secondary N) is 2. The molecule has 0 saturated carbocycles. The monoisotopic (exact) mass is 446 g/mol. The highest BCUT2D eigenvalue weighted by atomic mass is 32.2. The van der Waals surface area contributed by atoms with Crippen molar-refractivity contribution in [2.75, 3.05) is 10.0 Å². The Morgan fingerprint density at radius 1 is 0.875 bits per heavy atom. The van der Waals surface area contributed by atoms with E-state index in [1.807, 2.05) is 44.3 Å². The Labute approximate surface area is 186 Å². The van der Waals surface area contributed by atoms with Gasteiger partial charge in [-0.1, -0.05) is 18.2 Å². The number of anilines is 2. The summed E-state index contributed by atoms with van der Waals surface area (Å²) in [7, 11) is -3.75. The van der Waals surface area contributed by atoms with Gasteiger partial charge in [0.2, 0.25) is 0 Å². The van der Waals surface area contributed by atoms with E-state index in [0.29, 0.717) is 16.9 Å². The fourth-order valence-electron chi connectivity index (χ4n) is 3.28. The third-order valence-corrected chi connectivity index (χ3v) is 6.40. The molecule has 0 bridgehead atoms. The van der Waals surface area contributed by atoms with E-state index in [2.05, 4.69) is 15.1 Å². The molecule has 32 heavy (non-hydrogen) atoms. The highest BCUT2D eigenvalue weighted by Gasteiger charge is 2.17. The van der Waals surface area contributed by atoms with E-state index in [9.17, 15) is 13.2 Å². The predicted molar refractivity (Wildman–Crippen MR) is 125 cm³/mol. The zero-order valence-corrected chi connectivity index (χ0v) is 18.4. The minimum atomic E-state index is -3.75. The molecule has 1 aromatic heterocycles. The van der Waals surface area contributed by atoms with Crippen LogP contribution in [-0.4, -0.2) is 24.1 Å². The van der Waals surface area contributed by atoms with Crippen LogP contribution in [0.1, 0.15) is 21.5 Å². The fourth-order valence-corrected chi connectivity index (χ4v) is 4.48. The van der Waals surface area contributed by atoms with Gasteiger partial charge < -0.3 is 5.32 Å². The van der Waals surface area contributed by atoms with Gasteiger partial charge in [-0.15, -0.1) is 0 Å². The Balaban J connectivity index is 1.46. The normalized spacial score (nSPS) is 11.2. The minimum absolute atomic E-state index is 0.113. The van der Waals surface area contributed by atoms with Crippen molar-refractivity contribution in [3.8, 4) is 5.69 Å². The first-order valence-electron chi connectivity index (χ1n) is 9.94. The van der Waals surface area contributed by atoms with Gasteiger partial charge in [0.25, 0.3) is 15.9 Å². The topological polar surface area (TPSA) is 93.1 Å². The third-order valence-electron chi connectivity index (χ3n) is 5.04. The summed E-state index contributed by atoms with van der Waals surface area (Å²) in [6, 6.07) is 20.5. The number of carbonyl (C=O) groups is 1. The first-order valence-corrected chi connectivity index (χ1v) is 11.4. The molecule has 4 rings (SSSR count). The molecule has 0 fully saturated rings. The van der Waals surface area contributed by atoms with E-state index in [1.165, 1.54) is 12.1 Å². The molecule has 0 unspecified atom stereocenters. The second kappa shape index (κ2) is 8.68. The molecule has 0 aliphatic rings. The summed E-state index contributed by atoms with van der Waals surface area (Å²) >= 11 is 0. The largest absolute Gasteiger partial charge is 0.322 e. The van der Waals surface area contributed by atoms with Gasteiger partial charge in [0, 0.05) is 23.6 Å². The van der Waals surface area contributed by atoms with Crippen LogP contribution in [0.3, 0.4) is 0 Å². The fraction of sp³-hybridized carbons (Fsp3) is 0.0833. The number of rotatable bonds is 6. The molecule has 0 saturated heterocycles. The smallest absolute Gasteiger partial charge is 0.261 e. The summed E-state index contributed by atoms with van der Waals surface area (Å²) in [5.74, 6) is -0.290. The zero-order chi connectivity index (χ0) is 22.7. The number of amides is 1. The number of nitrogens with zero attached hydrogens (tertiary/aromatic N) is 2. The number of carbonyl (C=O) groups excluding carboxylic acids is 1. The van der Waals surface area contributed by atoms with Gasteiger partial charge >= 0.3 is 0 Å². The van der Waals surface area contributed by atoms with Crippen molar-refractivity contribution in [2.24, 2.45) is 0 Å². The summed E-state index contributed by atoms with van der Waals surface area (Å²) in [6.45, 7) is 3.70. The number of aromatic nitrogens is 2. The van der Waals surface area contributed by atoms with Crippen molar-refractivity contribution >= 4 is 27.3 Å². The molecule has 162 valence electrons. The van der Waals surface area contributed by atoms with E-state index in [1.54, 1.807) is 47.3 Å². The van der Waals surface area contributed by atoms with E-state index in [0.717, 1.165) is 16.8 Å². The standard InChI is InChI=1S/C24H22N4O3S/c1-17-5-3-6-18(2)23(17)27-32(30,31)22-13-9-20(10-14-22)26-24(29)19-7-11-21(12-8-19)28-16-4-15-25-28/h3-16,27H,1-2H3,(H,26,29). The molecule has 0 aliphatic carbocycles. The molecule has 3 aromatic carbocycles.